The van der Waals surface area contributed by atoms with Crippen LogP contribution in [0.25, 0.3) is 0 Å². The van der Waals surface area contributed by atoms with Crippen LogP contribution in [-0.4, -0.2) is 4.98 Å². The van der Waals surface area contributed by atoms with Gasteiger partial charge in [0.05, 0.1) is 5.38 Å². The number of nitrogens with zero attached hydrogens (tertiary/aromatic N) is 1. The summed E-state index contributed by atoms with van der Waals surface area (Å²) in [5.41, 5.74) is 3.36. The molecule has 0 radical (unpaired) electrons. The monoisotopic (exact) mass is 309 g/mol. The molecule has 0 saturated heterocycles. The lowest BCUT2D eigenvalue weighted by Crippen LogP contribution is -1.98. The average molecular weight is 311 g/mol. The van der Waals surface area contributed by atoms with Gasteiger partial charge in [-0.1, -0.05) is 28.1 Å². The molecule has 1 atom stereocenters. The standard InChI is InChI=1S/C14H13BrClN/c1-10-6-11(8-12(15)7-10)14(16)9-13-4-2-3-5-17-13/h2-8,14H,9H2,1H3. The van der Waals surface area contributed by atoms with Crippen molar-refractivity contribution >= 4 is 27.5 Å². The SMILES string of the molecule is Cc1cc(Br)cc(C(Cl)Cc2ccccn2)c1. The van der Waals surface area contributed by atoms with Gasteiger partial charge in [-0.25, -0.2) is 0 Å². The highest BCUT2D eigenvalue weighted by Crippen LogP contribution is 2.27. The van der Waals surface area contributed by atoms with Crippen molar-refractivity contribution in [1.29, 1.82) is 0 Å². The number of alkyl halides is 1. The Labute approximate surface area is 115 Å². The highest BCUT2D eigenvalue weighted by molar-refractivity contribution is 9.10. The van der Waals surface area contributed by atoms with E-state index in [2.05, 4.69) is 46.0 Å². The number of aryl methyl sites for hydroxylation is 1. The van der Waals surface area contributed by atoms with E-state index in [1.807, 2.05) is 18.2 Å². The lowest BCUT2D eigenvalue weighted by molar-refractivity contribution is 0.879. The van der Waals surface area contributed by atoms with Crippen molar-refractivity contribution in [3.8, 4) is 0 Å². The summed E-state index contributed by atoms with van der Waals surface area (Å²) in [4.78, 5) is 4.29. The van der Waals surface area contributed by atoms with Crippen LogP contribution in [0.4, 0.5) is 0 Å². The van der Waals surface area contributed by atoms with Crippen molar-refractivity contribution in [3.05, 3.63) is 63.9 Å². The van der Waals surface area contributed by atoms with Crippen molar-refractivity contribution < 1.29 is 0 Å². The normalized spacial score (nSPS) is 12.4. The van der Waals surface area contributed by atoms with E-state index in [0.717, 1.165) is 22.2 Å². The van der Waals surface area contributed by atoms with Crippen LogP contribution in [-0.2, 0) is 6.42 Å². The molecular weight excluding hydrogens is 298 g/mol. The van der Waals surface area contributed by atoms with Crippen LogP contribution >= 0.6 is 27.5 Å². The molecule has 17 heavy (non-hydrogen) atoms. The van der Waals surface area contributed by atoms with E-state index in [4.69, 9.17) is 11.6 Å². The minimum atomic E-state index is -0.0406. The molecule has 0 fully saturated rings. The molecule has 1 aromatic heterocycles. The predicted molar refractivity (Wildman–Crippen MR) is 75.4 cm³/mol. The molecule has 0 aliphatic heterocycles. The maximum absolute atomic E-state index is 6.42. The number of benzene rings is 1. The molecule has 0 amide bonds. The molecule has 0 aliphatic rings. The molecule has 3 heteroatoms. The van der Waals surface area contributed by atoms with Gasteiger partial charge >= 0.3 is 0 Å². The number of halogens is 2. The Bertz CT molecular complexity index is 479. The van der Waals surface area contributed by atoms with Gasteiger partial charge in [0, 0.05) is 22.8 Å². The fourth-order valence-corrected chi connectivity index (χ4v) is 2.68. The molecule has 2 rings (SSSR count). The summed E-state index contributed by atoms with van der Waals surface area (Å²) < 4.78 is 1.07. The van der Waals surface area contributed by atoms with Crippen LogP contribution in [0, 0.1) is 6.92 Å². The van der Waals surface area contributed by atoms with Gasteiger partial charge in [0.15, 0.2) is 0 Å². The summed E-state index contributed by atoms with van der Waals surface area (Å²) in [7, 11) is 0. The van der Waals surface area contributed by atoms with Crippen LogP contribution in [0.3, 0.4) is 0 Å². The summed E-state index contributed by atoms with van der Waals surface area (Å²) in [6, 6.07) is 12.2. The topological polar surface area (TPSA) is 12.9 Å². The minimum Gasteiger partial charge on any atom is -0.261 e. The zero-order chi connectivity index (χ0) is 12.3. The number of pyridine rings is 1. The second-order valence-corrected chi connectivity index (χ2v) is 5.50. The molecule has 1 aromatic carbocycles. The number of hydrogen-bond acceptors (Lipinski definition) is 1. The number of aromatic nitrogens is 1. The van der Waals surface area contributed by atoms with Gasteiger partial charge in [-0.3, -0.25) is 4.98 Å². The summed E-state index contributed by atoms with van der Waals surface area (Å²) in [6.07, 6.45) is 2.55. The fraction of sp³-hybridized carbons (Fsp3) is 0.214. The molecule has 0 spiro atoms. The van der Waals surface area contributed by atoms with E-state index in [1.165, 1.54) is 5.56 Å². The van der Waals surface area contributed by atoms with E-state index < -0.39 is 0 Å². The van der Waals surface area contributed by atoms with Crippen LogP contribution < -0.4 is 0 Å². The first-order chi connectivity index (χ1) is 8.15. The summed E-state index contributed by atoms with van der Waals surface area (Å²) in [5.74, 6) is 0. The summed E-state index contributed by atoms with van der Waals surface area (Å²) in [6.45, 7) is 2.07. The zero-order valence-electron chi connectivity index (χ0n) is 9.53. The second kappa shape index (κ2) is 5.65. The van der Waals surface area contributed by atoms with Crippen LogP contribution in [0.5, 0.6) is 0 Å². The predicted octanol–water partition coefficient (Wildman–Crippen LogP) is 4.68. The molecule has 1 nitrogen and oxygen atoms in total. The van der Waals surface area contributed by atoms with Crippen molar-refractivity contribution in [3.63, 3.8) is 0 Å². The second-order valence-electron chi connectivity index (χ2n) is 4.05. The molecule has 2 aromatic rings. The zero-order valence-corrected chi connectivity index (χ0v) is 11.9. The molecule has 1 heterocycles. The Kier molecular flexibility index (Phi) is 4.19. The highest BCUT2D eigenvalue weighted by atomic mass is 79.9. The Morgan fingerprint density at radius 2 is 2.12 bits per heavy atom. The van der Waals surface area contributed by atoms with E-state index in [1.54, 1.807) is 6.20 Å². The van der Waals surface area contributed by atoms with Crippen LogP contribution in [0.15, 0.2) is 47.1 Å². The van der Waals surface area contributed by atoms with Gasteiger partial charge in [-0.2, -0.15) is 0 Å². The van der Waals surface area contributed by atoms with Gasteiger partial charge in [0.2, 0.25) is 0 Å². The fourth-order valence-electron chi connectivity index (χ4n) is 1.77. The first-order valence-electron chi connectivity index (χ1n) is 5.46. The van der Waals surface area contributed by atoms with E-state index in [-0.39, 0.29) is 5.38 Å². The molecule has 1 unspecified atom stereocenters. The highest BCUT2D eigenvalue weighted by Gasteiger charge is 2.10. The molecule has 0 N–H and O–H groups in total. The van der Waals surface area contributed by atoms with E-state index in [9.17, 15) is 0 Å². The third-order valence-corrected chi connectivity index (χ3v) is 3.40. The van der Waals surface area contributed by atoms with Gasteiger partial charge < -0.3 is 0 Å². The molecule has 88 valence electrons. The lowest BCUT2D eigenvalue weighted by atomic mass is 10.1. The van der Waals surface area contributed by atoms with Crippen molar-refractivity contribution in [1.82, 2.24) is 4.98 Å². The smallest absolute Gasteiger partial charge is 0.0641 e. The van der Waals surface area contributed by atoms with E-state index >= 15 is 0 Å². The largest absolute Gasteiger partial charge is 0.261 e. The maximum atomic E-state index is 6.42. The van der Waals surface area contributed by atoms with Gasteiger partial charge in [-0.05, 0) is 42.3 Å². The van der Waals surface area contributed by atoms with Gasteiger partial charge in [-0.15, -0.1) is 11.6 Å². The summed E-state index contributed by atoms with van der Waals surface area (Å²) in [5, 5.41) is -0.0406. The van der Waals surface area contributed by atoms with Gasteiger partial charge in [0.25, 0.3) is 0 Å². The first kappa shape index (κ1) is 12.6. The Morgan fingerprint density at radius 1 is 1.29 bits per heavy atom. The maximum Gasteiger partial charge on any atom is 0.0641 e. The van der Waals surface area contributed by atoms with Gasteiger partial charge in [0.1, 0.15) is 0 Å². The Hall–Kier alpha value is -0.860. The van der Waals surface area contributed by atoms with Crippen molar-refractivity contribution in [2.24, 2.45) is 0 Å². The lowest BCUT2D eigenvalue weighted by Gasteiger charge is -2.11. The average Bonchev–Trinajstić information content (AvgIpc) is 2.29. The Balaban J connectivity index is 2.17. The number of rotatable bonds is 3. The minimum absolute atomic E-state index is 0.0406. The quantitative estimate of drug-likeness (QED) is 0.750. The Morgan fingerprint density at radius 3 is 2.76 bits per heavy atom. The van der Waals surface area contributed by atoms with E-state index in [0.29, 0.717) is 0 Å². The van der Waals surface area contributed by atoms with Crippen LogP contribution in [0.2, 0.25) is 0 Å². The third-order valence-electron chi connectivity index (χ3n) is 2.54. The first-order valence-corrected chi connectivity index (χ1v) is 6.69. The molecule has 0 bridgehead atoms. The molecule has 0 aliphatic carbocycles. The third kappa shape index (κ3) is 3.55. The molecular formula is C14H13BrClN. The molecule has 0 saturated carbocycles. The summed E-state index contributed by atoms with van der Waals surface area (Å²) >= 11 is 9.92. The number of hydrogen-bond donors (Lipinski definition) is 0. The van der Waals surface area contributed by atoms with Crippen LogP contribution in [0.1, 0.15) is 22.2 Å². The van der Waals surface area contributed by atoms with Crippen molar-refractivity contribution in [2.75, 3.05) is 0 Å². The van der Waals surface area contributed by atoms with Crippen molar-refractivity contribution in [2.45, 2.75) is 18.7 Å².